The maximum absolute atomic E-state index is 13.6. The number of benzene rings is 2. The summed E-state index contributed by atoms with van der Waals surface area (Å²) >= 11 is 0. The van der Waals surface area contributed by atoms with Crippen LogP contribution in [0.15, 0.2) is 78.3 Å². The maximum Gasteiger partial charge on any atom is 0.416 e. The van der Waals surface area contributed by atoms with Crippen molar-refractivity contribution >= 4 is 17.5 Å². The van der Waals surface area contributed by atoms with Crippen molar-refractivity contribution in [3.05, 3.63) is 95.0 Å². The lowest BCUT2D eigenvalue weighted by Crippen LogP contribution is -2.49. The van der Waals surface area contributed by atoms with Crippen LogP contribution in [-0.4, -0.2) is 28.7 Å². The number of nitriles is 1. The first-order chi connectivity index (χ1) is 17.0. The molecule has 0 saturated heterocycles. The van der Waals surface area contributed by atoms with Gasteiger partial charge < -0.3 is 4.90 Å². The van der Waals surface area contributed by atoms with E-state index in [4.69, 9.17) is 0 Å². The van der Waals surface area contributed by atoms with Crippen LogP contribution in [0.3, 0.4) is 0 Å². The van der Waals surface area contributed by atoms with E-state index >= 15 is 0 Å². The van der Waals surface area contributed by atoms with E-state index in [1.807, 2.05) is 0 Å². The first kappa shape index (κ1) is 24.7. The highest BCUT2D eigenvalue weighted by atomic mass is 19.4. The third kappa shape index (κ3) is 4.33. The van der Waals surface area contributed by atoms with E-state index in [2.05, 4.69) is 11.1 Å². The molecule has 182 valence electrons. The number of allylic oxidation sites excluding steroid dienone is 1. The van der Waals surface area contributed by atoms with Crippen LogP contribution in [0, 0.1) is 11.3 Å². The lowest BCUT2D eigenvalue weighted by molar-refractivity contribution is -0.137. The molecule has 0 fully saturated rings. The van der Waals surface area contributed by atoms with Crippen molar-refractivity contribution in [2.24, 2.45) is 0 Å². The van der Waals surface area contributed by atoms with Crippen LogP contribution in [0.2, 0.25) is 0 Å². The highest BCUT2D eigenvalue weighted by Gasteiger charge is 2.41. The smallest absolute Gasteiger partial charge is 0.316 e. The van der Waals surface area contributed by atoms with Crippen molar-refractivity contribution in [3.8, 4) is 17.2 Å². The van der Waals surface area contributed by atoms with Crippen molar-refractivity contribution in [2.45, 2.75) is 26.1 Å². The summed E-state index contributed by atoms with van der Waals surface area (Å²) in [6.07, 6.45) is -1.37. The maximum atomic E-state index is 13.6. The molecule has 1 aromatic heterocycles. The topological polar surface area (TPSA) is 77.3 Å². The van der Waals surface area contributed by atoms with E-state index in [-0.39, 0.29) is 22.7 Å². The van der Waals surface area contributed by atoms with E-state index in [9.17, 15) is 28.0 Å². The number of carbonyl (C=O) groups excluding carboxylic acids is 2. The number of amides is 2. The number of rotatable bonds is 4. The zero-order chi connectivity index (χ0) is 26.2. The first-order valence-corrected chi connectivity index (χ1v) is 10.9. The molecule has 0 N–H and O–H groups in total. The summed E-state index contributed by atoms with van der Waals surface area (Å²) in [5.41, 5.74) is 1.87. The number of hydrogen-bond donors (Lipinski definition) is 0. The van der Waals surface area contributed by atoms with Gasteiger partial charge in [-0.15, -0.1) is 0 Å². The van der Waals surface area contributed by atoms with Gasteiger partial charge in [-0.05, 0) is 61.4 Å². The van der Waals surface area contributed by atoms with Crippen LogP contribution < -0.4 is 4.90 Å². The largest absolute Gasteiger partial charge is 0.416 e. The summed E-state index contributed by atoms with van der Waals surface area (Å²) in [4.78, 5) is 33.1. The quantitative estimate of drug-likeness (QED) is 0.442. The lowest BCUT2D eigenvalue weighted by atomic mass is 9.86. The van der Waals surface area contributed by atoms with Gasteiger partial charge in [0.05, 0.1) is 28.9 Å². The van der Waals surface area contributed by atoms with Gasteiger partial charge in [0, 0.05) is 36.3 Å². The minimum atomic E-state index is -4.59. The molecule has 1 unspecified atom stereocenters. The third-order valence-electron chi connectivity index (χ3n) is 6.14. The fraction of sp³-hybridized carbons (Fsp3) is 0.185. The van der Waals surface area contributed by atoms with Gasteiger partial charge in [0.1, 0.15) is 0 Å². The number of carbonyl (C=O) groups is 2. The summed E-state index contributed by atoms with van der Waals surface area (Å²) in [6.45, 7) is 2.90. The van der Waals surface area contributed by atoms with Gasteiger partial charge in [0.25, 0.3) is 0 Å². The van der Waals surface area contributed by atoms with E-state index in [0.29, 0.717) is 22.3 Å². The molecule has 1 aliphatic heterocycles. The number of ketones is 1. The predicted octanol–water partition coefficient (Wildman–Crippen LogP) is 6.12. The highest BCUT2D eigenvalue weighted by molar-refractivity contribution is 6.05. The van der Waals surface area contributed by atoms with Crippen LogP contribution in [0.1, 0.15) is 36.6 Å². The van der Waals surface area contributed by atoms with Crippen LogP contribution >= 0.6 is 0 Å². The minimum Gasteiger partial charge on any atom is -0.316 e. The van der Waals surface area contributed by atoms with Gasteiger partial charge in [-0.25, -0.2) is 4.79 Å². The Morgan fingerprint density at radius 3 is 2.47 bits per heavy atom. The zero-order valence-electron chi connectivity index (χ0n) is 19.7. The predicted molar refractivity (Wildman–Crippen MR) is 128 cm³/mol. The second-order valence-electron chi connectivity index (χ2n) is 8.39. The number of halogens is 3. The molecular formula is C27H21F3N4O2. The number of pyridine rings is 1. The average molecular weight is 490 g/mol. The normalized spacial score (nSPS) is 16.2. The molecule has 9 heteroatoms. The Bertz CT molecular complexity index is 1420. The molecule has 3 aromatic rings. The molecule has 0 radical (unpaired) electrons. The Kier molecular flexibility index (Phi) is 6.37. The van der Waals surface area contributed by atoms with Crippen LogP contribution in [-0.2, 0) is 11.0 Å². The molecule has 0 spiro atoms. The van der Waals surface area contributed by atoms with Crippen molar-refractivity contribution < 1.29 is 22.8 Å². The van der Waals surface area contributed by atoms with Crippen molar-refractivity contribution in [2.75, 3.05) is 11.9 Å². The van der Waals surface area contributed by atoms with Gasteiger partial charge in [0.15, 0.2) is 5.78 Å². The van der Waals surface area contributed by atoms with Gasteiger partial charge in [-0.1, -0.05) is 18.2 Å². The van der Waals surface area contributed by atoms with Gasteiger partial charge in [-0.3, -0.25) is 14.7 Å². The van der Waals surface area contributed by atoms with Gasteiger partial charge in [0.2, 0.25) is 0 Å². The molecule has 4 rings (SSSR count). The SMILES string of the molecule is CC(=O)C1=C(C)N(c2cccc(C(F)(F)F)c2)C(=O)N(C)C1c1ccc(C#N)cc1-c1cccnc1. The Morgan fingerprint density at radius 1 is 1.11 bits per heavy atom. The number of likely N-dealkylation sites (N-methyl/N-ethyl adjacent to an activating group) is 1. The number of urea groups is 1. The highest BCUT2D eigenvalue weighted by Crippen LogP contribution is 2.43. The first-order valence-electron chi connectivity index (χ1n) is 10.9. The minimum absolute atomic E-state index is 0.00341. The van der Waals surface area contributed by atoms with E-state index < -0.39 is 23.8 Å². The molecule has 0 aliphatic carbocycles. The number of alkyl halides is 3. The van der Waals surface area contributed by atoms with Crippen LogP contribution in [0.25, 0.3) is 11.1 Å². The zero-order valence-corrected chi connectivity index (χ0v) is 19.7. The molecular weight excluding hydrogens is 469 g/mol. The van der Waals surface area contributed by atoms with E-state index in [1.165, 1.54) is 31.0 Å². The summed E-state index contributed by atoms with van der Waals surface area (Å²) in [6, 6.07) is 13.6. The second kappa shape index (κ2) is 9.30. The van der Waals surface area contributed by atoms with Crippen LogP contribution in [0.5, 0.6) is 0 Å². The molecule has 0 saturated carbocycles. The fourth-order valence-electron chi connectivity index (χ4n) is 4.50. The standard InChI is InChI=1S/C27H21F3N4O2/c1-16-24(17(2)35)25(22-10-9-18(14-31)12-23(22)19-6-5-11-32-15-19)33(3)26(36)34(16)21-8-4-7-20(13-21)27(28,29)30/h4-13,15,25H,1-3H3. The number of nitrogens with zero attached hydrogens (tertiary/aromatic N) is 4. The Hall–Kier alpha value is -4.45. The molecule has 2 amide bonds. The summed E-state index contributed by atoms with van der Waals surface area (Å²) < 4.78 is 40.1. The number of Topliss-reactive ketones (excluding diaryl/α,β-unsaturated/α-hetero) is 1. The molecule has 1 aliphatic rings. The van der Waals surface area contributed by atoms with Gasteiger partial charge in [-0.2, -0.15) is 18.4 Å². The molecule has 1 atom stereocenters. The number of anilines is 1. The second-order valence-corrected chi connectivity index (χ2v) is 8.39. The van der Waals surface area contributed by atoms with Crippen molar-refractivity contribution in [1.82, 2.24) is 9.88 Å². The number of aromatic nitrogens is 1. The summed E-state index contributed by atoms with van der Waals surface area (Å²) in [5, 5.41) is 9.45. The molecule has 6 nitrogen and oxygen atoms in total. The lowest BCUT2D eigenvalue weighted by Gasteiger charge is -2.42. The van der Waals surface area contributed by atoms with E-state index in [0.717, 1.165) is 17.0 Å². The molecule has 2 heterocycles. The van der Waals surface area contributed by atoms with Crippen molar-refractivity contribution in [3.63, 3.8) is 0 Å². The third-order valence-corrected chi connectivity index (χ3v) is 6.14. The fourth-order valence-corrected chi connectivity index (χ4v) is 4.50. The molecule has 0 bridgehead atoms. The summed E-state index contributed by atoms with van der Waals surface area (Å²) in [7, 11) is 1.49. The number of hydrogen-bond acceptors (Lipinski definition) is 4. The summed E-state index contributed by atoms with van der Waals surface area (Å²) in [5.74, 6) is -0.338. The van der Waals surface area contributed by atoms with E-state index in [1.54, 1.807) is 49.6 Å². The van der Waals surface area contributed by atoms with Gasteiger partial charge >= 0.3 is 12.2 Å². The monoisotopic (exact) mass is 490 g/mol. The van der Waals surface area contributed by atoms with Crippen molar-refractivity contribution in [1.29, 1.82) is 5.26 Å². The Balaban J connectivity index is 1.94. The molecule has 36 heavy (non-hydrogen) atoms. The Morgan fingerprint density at radius 2 is 1.86 bits per heavy atom. The Labute approximate surface area is 205 Å². The molecule has 2 aromatic carbocycles. The van der Waals surface area contributed by atoms with Crippen LogP contribution in [0.4, 0.5) is 23.7 Å². The average Bonchev–Trinajstić information content (AvgIpc) is 2.86.